The molecule has 30 heavy (non-hydrogen) atoms. The van der Waals surface area contributed by atoms with Gasteiger partial charge in [0.05, 0.1) is 11.1 Å². The first kappa shape index (κ1) is 23.1. The van der Waals surface area contributed by atoms with Crippen LogP contribution in [0, 0.1) is 0 Å². The fraction of sp³-hybridized carbons (Fsp3) is 0.650. The van der Waals surface area contributed by atoms with E-state index in [4.69, 9.17) is 12.2 Å². The molecule has 0 spiro atoms. The summed E-state index contributed by atoms with van der Waals surface area (Å²) < 4.78 is 78.1. The molecule has 1 saturated heterocycles. The topological polar surface area (TPSA) is 27.3 Å². The fourth-order valence-electron chi connectivity index (χ4n) is 4.28. The van der Waals surface area contributed by atoms with Crippen molar-refractivity contribution >= 4 is 23.0 Å². The molecule has 3 nitrogen and oxygen atoms in total. The van der Waals surface area contributed by atoms with Crippen LogP contribution in [0.1, 0.15) is 56.1 Å². The molecule has 0 amide bonds. The third-order valence-electron chi connectivity index (χ3n) is 5.72. The zero-order valence-electron chi connectivity index (χ0n) is 16.4. The molecule has 168 valence electrons. The number of thiocarbonyl (C=S) groups is 1. The van der Waals surface area contributed by atoms with Crippen molar-refractivity contribution in [1.29, 1.82) is 0 Å². The van der Waals surface area contributed by atoms with Gasteiger partial charge >= 0.3 is 12.4 Å². The van der Waals surface area contributed by atoms with Crippen molar-refractivity contribution in [3.05, 3.63) is 29.3 Å². The Morgan fingerprint density at radius 3 is 2.03 bits per heavy atom. The third kappa shape index (κ3) is 6.23. The summed E-state index contributed by atoms with van der Waals surface area (Å²) in [5.41, 5.74) is -3.08. The molecule has 0 radical (unpaired) electrons. The molecule has 0 aromatic heterocycles. The number of alkyl halides is 6. The quantitative estimate of drug-likeness (QED) is 0.446. The maximum atomic E-state index is 13.0. The van der Waals surface area contributed by atoms with Crippen LogP contribution in [0.3, 0.4) is 0 Å². The number of anilines is 1. The second-order valence-corrected chi connectivity index (χ2v) is 8.43. The minimum Gasteiger partial charge on any atom is -0.358 e. The van der Waals surface area contributed by atoms with Gasteiger partial charge in [0.25, 0.3) is 0 Å². The van der Waals surface area contributed by atoms with Gasteiger partial charge in [-0.2, -0.15) is 26.3 Å². The summed E-state index contributed by atoms with van der Waals surface area (Å²) >= 11 is 5.18. The minimum absolute atomic E-state index is 0.00793. The molecule has 1 saturated carbocycles. The Balaban J connectivity index is 1.65. The Morgan fingerprint density at radius 1 is 0.867 bits per heavy atom. The predicted octanol–water partition coefficient (Wildman–Crippen LogP) is 5.81. The average molecular weight is 453 g/mol. The van der Waals surface area contributed by atoms with Crippen LogP contribution in [0.4, 0.5) is 32.0 Å². The van der Waals surface area contributed by atoms with Gasteiger partial charge in [-0.3, -0.25) is 4.90 Å². The zero-order chi connectivity index (χ0) is 21.9. The van der Waals surface area contributed by atoms with Gasteiger partial charge in [-0.25, -0.2) is 0 Å². The van der Waals surface area contributed by atoms with Crippen molar-refractivity contribution in [3.63, 3.8) is 0 Å². The van der Waals surface area contributed by atoms with Gasteiger partial charge in [-0.1, -0.05) is 19.3 Å². The van der Waals surface area contributed by atoms with E-state index in [1.54, 1.807) is 0 Å². The Bertz CT molecular complexity index is 711. The largest absolute Gasteiger partial charge is 0.416 e. The molecule has 1 aromatic rings. The van der Waals surface area contributed by atoms with E-state index in [1.807, 2.05) is 0 Å². The normalized spacial score (nSPS) is 22.0. The van der Waals surface area contributed by atoms with E-state index < -0.39 is 23.5 Å². The van der Waals surface area contributed by atoms with Crippen LogP contribution in [-0.4, -0.2) is 35.2 Å². The number of benzene rings is 1. The second kappa shape index (κ2) is 9.30. The first-order valence-corrected chi connectivity index (χ1v) is 10.5. The minimum atomic E-state index is -4.89. The number of halogens is 6. The van der Waals surface area contributed by atoms with Crippen molar-refractivity contribution < 1.29 is 26.3 Å². The molecule has 1 aliphatic carbocycles. The molecule has 2 fully saturated rings. The molecule has 3 rings (SSSR count). The highest BCUT2D eigenvalue weighted by atomic mass is 32.1. The number of piperidine rings is 1. The molecule has 2 N–H and O–H groups in total. The summed E-state index contributed by atoms with van der Waals surface area (Å²) in [4.78, 5) is 2.43. The standard InChI is InChI=1S/C20H25F6N3S/c21-19(22,23)13-9-14(20(24,25)26)11-16(10-13)28-18(30)27-15-5-4-8-29(12-15)17-6-2-1-3-7-17/h9-11,15,17H,1-8,12H2,(H2,27,28,30)/t15-/m0/s1. The summed E-state index contributed by atoms with van der Waals surface area (Å²) in [5, 5.41) is 5.61. The van der Waals surface area contributed by atoms with Crippen molar-refractivity contribution in [2.75, 3.05) is 18.4 Å². The van der Waals surface area contributed by atoms with E-state index >= 15 is 0 Å². The number of nitrogens with one attached hydrogen (secondary N) is 2. The van der Waals surface area contributed by atoms with E-state index in [9.17, 15) is 26.3 Å². The summed E-state index contributed by atoms with van der Waals surface area (Å²) in [7, 11) is 0. The van der Waals surface area contributed by atoms with Crippen LogP contribution in [0.5, 0.6) is 0 Å². The SMILES string of the molecule is FC(F)(F)c1cc(NC(=S)N[C@H]2CCCN(C3CCCCC3)C2)cc(C(F)(F)F)c1. The summed E-state index contributed by atoms with van der Waals surface area (Å²) in [5.74, 6) is 0. The number of hydrogen-bond acceptors (Lipinski definition) is 2. The molecule has 0 bridgehead atoms. The smallest absolute Gasteiger partial charge is 0.358 e. The van der Waals surface area contributed by atoms with Crippen LogP contribution >= 0.6 is 12.2 Å². The third-order valence-corrected chi connectivity index (χ3v) is 5.94. The lowest BCUT2D eigenvalue weighted by Gasteiger charge is -2.40. The van der Waals surface area contributed by atoms with E-state index in [1.165, 1.54) is 32.1 Å². The number of nitrogens with zero attached hydrogens (tertiary/aromatic N) is 1. The van der Waals surface area contributed by atoms with Gasteiger partial charge in [-0.15, -0.1) is 0 Å². The summed E-state index contributed by atoms with van der Waals surface area (Å²) in [6, 6.07) is 1.93. The predicted molar refractivity (Wildman–Crippen MR) is 107 cm³/mol. The lowest BCUT2D eigenvalue weighted by Crippen LogP contribution is -2.52. The van der Waals surface area contributed by atoms with Gasteiger partial charge in [0.2, 0.25) is 0 Å². The molecule has 2 aliphatic rings. The van der Waals surface area contributed by atoms with Crippen LogP contribution in [0.25, 0.3) is 0 Å². The highest BCUT2D eigenvalue weighted by Gasteiger charge is 2.37. The molecular weight excluding hydrogens is 428 g/mol. The van der Waals surface area contributed by atoms with Gasteiger partial charge in [-0.05, 0) is 62.6 Å². The maximum Gasteiger partial charge on any atom is 0.416 e. The van der Waals surface area contributed by atoms with Gasteiger partial charge in [0, 0.05) is 24.3 Å². The van der Waals surface area contributed by atoms with Crippen LogP contribution in [0.15, 0.2) is 18.2 Å². The van der Waals surface area contributed by atoms with Gasteiger partial charge in [0.15, 0.2) is 5.11 Å². The second-order valence-electron chi connectivity index (χ2n) is 8.02. The summed E-state index contributed by atoms with van der Waals surface area (Å²) in [6.45, 7) is 1.77. The summed E-state index contributed by atoms with van der Waals surface area (Å²) in [6.07, 6.45) is -1.93. The Morgan fingerprint density at radius 2 is 1.47 bits per heavy atom. The van der Waals surface area contributed by atoms with Crippen molar-refractivity contribution in [2.45, 2.75) is 69.4 Å². The Hall–Kier alpha value is -1.55. The Kier molecular flexibility index (Phi) is 7.16. The molecule has 1 aliphatic heterocycles. The first-order chi connectivity index (χ1) is 14.0. The lowest BCUT2D eigenvalue weighted by molar-refractivity contribution is -0.143. The van der Waals surface area contributed by atoms with Crippen LogP contribution in [-0.2, 0) is 12.4 Å². The van der Waals surface area contributed by atoms with Crippen molar-refractivity contribution in [1.82, 2.24) is 10.2 Å². The van der Waals surface area contributed by atoms with E-state index in [2.05, 4.69) is 15.5 Å². The molecule has 1 heterocycles. The van der Waals surface area contributed by atoms with E-state index in [-0.39, 0.29) is 22.9 Å². The molecule has 10 heteroatoms. The first-order valence-electron chi connectivity index (χ1n) is 10.1. The molecular formula is C20H25F6N3S. The number of rotatable bonds is 3. The Labute approximate surface area is 177 Å². The van der Waals surface area contributed by atoms with Gasteiger partial charge in [0.1, 0.15) is 0 Å². The van der Waals surface area contributed by atoms with Crippen molar-refractivity contribution in [3.8, 4) is 0 Å². The zero-order valence-corrected chi connectivity index (χ0v) is 17.2. The van der Waals surface area contributed by atoms with Crippen LogP contribution < -0.4 is 10.6 Å². The average Bonchev–Trinajstić information content (AvgIpc) is 2.67. The van der Waals surface area contributed by atoms with Crippen molar-refractivity contribution in [2.24, 2.45) is 0 Å². The highest BCUT2D eigenvalue weighted by molar-refractivity contribution is 7.80. The monoisotopic (exact) mass is 453 g/mol. The van der Waals surface area contributed by atoms with E-state index in [0.717, 1.165) is 25.9 Å². The van der Waals surface area contributed by atoms with E-state index in [0.29, 0.717) is 18.2 Å². The molecule has 1 aromatic carbocycles. The van der Waals surface area contributed by atoms with Crippen LogP contribution in [0.2, 0.25) is 0 Å². The highest BCUT2D eigenvalue weighted by Crippen LogP contribution is 2.37. The molecule has 0 unspecified atom stereocenters. The lowest BCUT2D eigenvalue weighted by atomic mass is 9.92. The van der Waals surface area contributed by atoms with Gasteiger partial charge < -0.3 is 10.6 Å². The molecule has 1 atom stereocenters. The maximum absolute atomic E-state index is 13.0. The number of likely N-dealkylation sites (tertiary alicyclic amines) is 1. The number of hydrogen-bond donors (Lipinski definition) is 2. The fourth-order valence-corrected chi connectivity index (χ4v) is 4.57.